The number of rotatable bonds is 9. The molecular formula is C28H22F2N2O6S2. The molecule has 0 saturated carbocycles. The second-order valence-corrected chi connectivity index (χ2v) is 10.1. The van der Waals surface area contributed by atoms with E-state index in [1.165, 1.54) is 49.5 Å². The van der Waals surface area contributed by atoms with E-state index in [9.17, 15) is 23.2 Å². The molecule has 8 nitrogen and oxygen atoms in total. The summed E-state index contributed by atoms with van der Waals surface area (Å²) in [5.41, 5.74) is 1.81. The molecule has 206 valence electrons. The number of hydrogen-bond acceptors (Lipinski definition) is 7. The number of nitrogens with zero attached hydrogens (tertiary/aromatic N) is 1. The number of carbonyl (C=O) groups excluding carboxylic acids is 2. The number of carbonyl (C=O) groups is 3. The highest BCUT2D eigenvalue weighted by molar-refractivity contribution is 8.26. The maximum atomic E-state index is 13.9. The van der Waals surface area contributed by atoms with Crippen molar-refractivity contribution in [2.75, 3.05) is 26.1 Å². The van der Waals surface area contributed by atoms with Gasteiger partial charge in [0.25, 0.3) is 5.91 Å². The first-order valence-electron chi connectivity index (χ1n) is 11.7. The summed E-state index contributed by atoms with van der Waals surface area (Å²) in [4.78, 5) is 38.2. The summed E-state index contributed by atoms with van der Waals surface area (Å²) >= 11 is 6.43. The van der Waals surface area contributed by atoms with Gasteiger partial charge in [0.2, 0.25) is 5.91 Å². The first kappa shape index (κ1) is 28.7. The molecule has 1 fully saturated rings. The summed E-state index contributed by atoms with van der Waals surface area (Å²) in [5, 5.41) is 11.6. The number of methoxy groups -OCH3 is 2. The molecule has 12 heteroatoms. The minimum Gasteiger partial charge on any atom is -0.496 e. The lowest BCUT2D eigenvalue weighted by molar-refractivity contribution is -0.122. The van der Waals surface area contributed by atoms with Gasteiger partial charge in [-0.15, -0.1) is 0 Å². The van der Waals surface area contributed by atoms with Crippen LogP contribution in [0.1, 0.15) is 22.3 Å². The summed E-state index contributed by atoms with van der Waals surface area (Å²) in [5.74, 6) is -3.12. The monoisotopic (exact) mass is 584 g/mol. The van der Waals surface area contributed by atoms with Gasteiger partial charge in [0.1, 0.15) is 15.8 Å². The van der Waals surface area contributed by atoms with Gasteiger partial charge in [0.05, 0.1) is 24.7 Å². The number of hydrogen-bond donors (Lipinski definition) is 2. The Labute approximate surface area is 237 Å². The number of aromatic carboxylic acids is 1. The Balaban J connectivity index is 1.52. The van der Waals surface area contributed by atoms with Crippen molar-refractivity contribution in [3.63, 3.8) is 0 Å². The van der Waals surface area contributed by atoms with E-state index in [1.54, 1.807) is 18.2 Å². The topological polar surface area (TPSA) is 105 Å². The van der Waals surface area contributed by atoms with Crippen molar-refractivity contribution in [3.05, 3.63) is 82.3 Å². The van der Waals surface area contributed by atoms with Crippen LogP contribution in [0.25, 0.3) is 17.2 Å². The summed E-state index contributed by atoms with van der Waals surface area (Å²) < 4.78 is 38.6. The van der Waals surface area contributed by atoms with E-state index in [-0.39, 0.29) is 33.7 Å². The van der Waals surface area contributed by atoms with Gasteiger partial charge in [0.15, 0.2) is 11.6 Å². The summed E-state index contributed by atoms with van der Waals surface area (Å²) in [7, 11) is 2.88. The van der Waals surface area contributed by atoms with Crippen molar-refractivity contribution in [1.82, 2.24) is 4.90 Å². The highest BCUT2D eigenvalue weighted by atomic mass is 32.2. The molecule has 0 aromatic heterocycles. The van der Waals surface area contributed by atoms with Gasteiger partial charge in [-0.25, -0.2) is 13.6 Å². The second-order valence-electron chi connectivity index (χ2n) is 8.44. The number of nitrogens with one attached hydrogen (secondary N) is 1. The number of ether oxygens (including phenoxy) is 2. The van der Waals surface area contributed by atoms with E-state index in [0.717, 1.165) is 23.9 Å². The van der Waals surface area contributed by atoms with Crippen LogP contribution in [0.4, 0.5) is 14.5 Å². The number of benzene rings is 3. The molecule has 40 heavy (non-hydrogen) atoms. The fourth-order valence-corrected chi connectivity index (χ4v) is 5.19. The van der Waals surface area contributed by atoms with Gasteiger partial charge in [-0.1, -0.05) is 30.0 Å². The molecule has 0 bridgehead atoms. The van der Waals surface area contributed by atoms with Crippen LogP contribution >= 0.6 is 24.0 Å². The molecule has 2 amide bonds. The number of anilines is 1. The molecule has 3 aromatic carbocycles. The SMILES string of the molecule is COc1cc(OC)c(-c2ccc(F)c(F)c2)cc1C=C1SC(=S)N(CCC(=O)Nc2ccc(C(=O)O)cc2)C1=O. The molecule has 1 aliphatic rings. The van der Waals surface area contributed by atoms with Gasteiger partial charge in [-0.2, -0.15) is 0 Å². The second kappa shape index (κ2) is 12.3. The van der Waals surface area contributed by atoms with Crippen LogP contribution in [-0.4, -0.2) is 52.9 Å². The van der Waals surface area contributed by atoms with Gasteiger partial charge in [0, 0.05) is 35.8 Å². The van der Waals surface area contributed by atoms with Crippen LogP contribution in [0.2, 0.25) is 0 Å². The third-order valence-corrected chi connectivity index (χ3v) is 7.30. The van der Waals surface area contributed by atoms with Gasteiger partial charge >= 0.3 is 5.97 Å². The molecule has 1 aliphatic heterocycles. The van der Waals surface area contributed by atoms with Crippen molar-refractivity contribution in [1.29, 1.82) is 0 Å². The fraction of sp³-hybridized carbons (Fsp3) is 0.143. The summed E-state index contributed by atoms with van der Waals surface area (Å²) in [6, 6.07) is 12.4. The largest absolute Gasteiger partial charge is 0.496 e. The number of thioether (sulfide) groups is 1. The van der Waals surface area contributed by atoms with E-state index in [0.29, 0.717) is 33.9 Å². The third-order valence-electron chi connectivity index (χ3n) is 5.92. The van der Waals surface area contributed by atoms with E-state index < -0.39 is 23.5 Å². The van der Waals surface area contributed by atoms with E-state index >= 15 is 0 Å². The predicted molar refractivity (Wildman–Crippen MR) is 151 cm³/mol. The Kier molecular flexibility index (Phi) is 8.80. The first-order chi connectivity index (χ1) is 19.1. The van der Waals surface area contributed by atoms with E-state index in [2.05, 4.69) is 5.32 Å². The number of amides is 2. The van der Waals surface area contributed by atoms with Crippen LogP contribution in [0.3, 0.4) is 0 Å². The molecule has 1 heterocycles. The average Bonchev–Trinajstić information content (AvgIpc) is 3.20. The van der Waals surface area contributed by atoms with Gasteiger partial charge in [-0.3, -0.25) is 14.5 Å². The predicted octanol–water partition coefficient (Wildman–Crippen LogP) is 5.58. The third kappa shape index (κ3) is 6.29. The first-order valence-corrected chi connectivity index (χ1v) is 12.9. The van der Waals surface area contributed by atoms with Crippen molar-refractivity contribution < 1.29 is 37.7 Å². The van der Waals surface area contributed by atoms with Crippen LogP contribution in [0.5, 0.6) is 11.5 Å². The Morgan fingerprint density at radius 3 is 2.35 bits per heavy atom. The minimum absolute atomic E-state index is 0.0287. The molecule has 3 aromatic rings. The van der Waals surface area contributed by atoms with Crippen LogP contribution < -0.4 is 14.8 Å². The maximum absolute atomic E-state index is 13.9. The van der Waals surface area contributed by atoms with E-state index in [4.69, 9.17) is 26.8 Å². The lowest BCUT2D eigenvalue weighted by atomic mass is 10.0. The zero-order valence-electron chi connectivity index (χ0n) is 21.2. The van der Waals surface area contributed by atoms with E-state index in [1.807, 2.05) is 0 Å². The smallest absolute Gasteiger partial charge is 0.335 e. The Morgan fingerprint density at radius 1 is 1.02 bits per heavy atom. The zero-order chi connectivity index (χ0) is 29.0. The number of halogens is 2. The molecule has 4 rings (SSSR count). The Bertz CT molecular complexity index is 1540. The normalized spacial score (nSPS) is 14.0. The van der Waals surface area contributed by atoms with Gasteiger partial charge < -0.3 is 19.9 Å². The summed E-state index contributed by atoms with van der Waals surface area (Å²) in [6.07, 6.45) is 1.53. The van der Waals surface area contributed by atoms with Crippen LogP contribution in [-0.2, 0) is 9.59 Å². The highest BCUT2D eigenvalue weighted by Crippen LogP contribution is 2.40. The molecule has 0 radical (unpaired) electrons. The fourth-order valence-electron chi connectivity index (χ4n) is 3.89. The standard InChI is InChI=1S/C28H22F2N2O6S2/c1-37-22-14-23(38-2)19(16-5-8-20(29)21(30)12-16)11-17(22)13-24-26(34)32(28(39)40-24)10-9-25(33)31-18-6-3-15(4-7-18)27(35)36/h3-8,11-14H,9-10H2,1-2H3,(H,31,33)(H,35,36). The highest BCUT2D eigenvalue weighted by Gasteiger charge is 2.32. The molecule has 0 spiro atoms. The molecule has 0 atom stereocenters. The molecule has 0 unspecified atom stereocenters. The maximum Gasteiger partial charge on any atom is 0.335 e. The van der Waals surface area contributed by atoms with Crippen molar-refractivity contribution in [2.45, 2.75) is 6.42 Å². The molecule has 0 aliphatic carbocycles. The number of carboxylic acids is 1. The Morgan fingerprint density at radius 2 is 1.73 bits per heavy atom. The van der Waals surface area contributed by atoms with Crippen molar-refractivity contribution in [3.8, 4) is 22.6 Å². The van der Waals surface area contributed by atoms with Crippen molar-refractivity contribution in [2.24, 2.45) is 0 Å². The molecular weight excluding hydrogens is 562 g/mol. The van der Waals surface area contributed by atoms with Crippen LogP contribution in [0.15, 0.2) is 59.5 Å². The van der Waals surface area contributed by atoms with Crippen LogP contribution in [0, 0.1) is 11.6 Å². The quantitative estimate of drug-likeness (QED) is 0.248. The zero-order valence-corrected chi connectivity index (χ0v) is 22.8. The lowest BCUT2D eigenvalue weighted by Crippen LogP contribution is -2.31. The number of carboxylic acid groups (broad SMARTS) is 1. The average molecular weight is 585 g/mol. The molecule has 2 N–H and O–H groups in total. The lowest BCUT2D eigenvalue weighted by Gasteiger charge is -2.15. The number of thiocarbonyl (C=S) groups is 1. The minimum atomic E-state index is -1.08. The molecule has 1 saturated heterocycles. The Hall–Kier alpha value is -4.29. The van der Waals surface area contributed by atoms with Crippen molar-refractivity contribution >= 4 is 57.8 Å². The van der Waals surface area contributed by atoms with Gasteiger partial charge in [-0.05, 0) is 54.1 Å². The summed E-state index contributed by atoms with van der Waals surface area (Å²) in [6.45, 7) is 0.0287.